The Hall–Kier alpha value is -2.90. The van der Waals surface area contributed by atoms with Crippen molar-refractivity contribution in [3.8, 4) is 0 Å². The molecule has 1 aromatic heterocycles. The van der Waals surface area contributed by atoms with E-state index in [2.05, 4.69) is 21.0 Å². The number of carbonyl (C=O) groups excluding carboxylic acids is 1. The molecule has 0 fully saturated rings. The van der Waals surface area contributed by atoms with E-state index in [0.29, 0.717) is 10.8 Å². The lowest BCUT2D eigenvalue weighted by Crippen LogP contribution is -2.33. The highest BCUT2D eigenvalue weighted by molar-refractivity contribution is 7.22. The number of hydrogen-bond acceptors (Lipinski definition) is 6. The first kappa shape index (κ1) is 16.9. The number of aromatic nitrogens is 1. The number of fused-ring (bicyclic) bond motifs is 1. The highest BCUT2D eigenvalue weighted by Gasteiger charge is 2.15. The Kier molecular flexibility index (Phi) is 4.97. The third kappa shape index (κ3) is 3.78. The summed E-state index contributed by atoms with van der Waals surface area (Å²) in [5.74, 6) is 5.22. The summed E-state index contributed by atoms with van der Waals surface area (Å²) in [5, 5.41) is 6.54. The van der Waals surface area contributed by atoms with E-state index in [1.165, 1.54) is 11.3 Å². The normalized spacial score (nSPS) is 11.8. The van der Waals surface area contributed by atoms with Gasteiger partial charge in [0.1, 0.15) is 5.70 Å². The lowest BCUT2D eigenvalue weighted by Gasteiger charge is -2.14. The Morgan fingerprint density at radius 3 is 2.56 bits per heavy atom. The summed E-state index contributed by atoms with van der Waals surface area (Å²) in [5.41, 5.74) is 6.19. The zero-order chi connectivity index (χ0) is 17.8. The molecule has 0 saturated heterocycles. The average molecular weight is 355 g/mol. The first-order valence-corrected chi connectivity index (χ1v) is 8.57. The Balaban J connectivity index is 0.00000243. The Labute approximate surface area is 151 Å². The van der Waals surface area contributed by atoms with Gasteiger partial charge in [0.05, 0.1) is 10.2 Å². The number of hydrogen-bond donors (Lipinski definition) is 4. The van der Waals surface area contributed by atoms with E-state index in [1.807, 2.05) is 55.5 Å². The van der Waals surface area contributed by atoms with Crippen LogP contribution in [-0.2, 0) is 4.79 Å². The molecule has 0 saturated carbocycles. The number of amides is 1. The van der Waals surface area contributed by atoms with Crippen LogP contribution >= 0.6 is 11.3 Å². The molecule has 25 heavy (non-hydrogen) atoms. The fraction of sp³-hybridized carbons (Fsp3) is 0.111. The quantitative estimate of drug-likeness (QED) is 0.319. The van der Waals surface area contributed by atoms with Crippen molar-refractivity contribution in [2.24, 2.45) is 5.84 Å². The fourth-order valence-corrected chi connectivity index (χ4v) is 3.27. The molecule has 0 unspecified atom stereocenters. The summed E-state index contributed by atoms with van der Waals surface area (Å²) in [4.78, 5) is 17.0. The third-order valence-corrected chi connectivity index (χ3v) is 4.68. The van der Waals surface area contributed by atoms with E-state index in [4.69, 9.17) is 5.84 Å². The summed E-state index contributed by atoms with van der Waals surface area (Å²) in [6, 6.07) is 15.5. The van der Waals surface area contributed by atoms with E-state index in [-0.39, 0.29) is 13.0 Å². The van der Waals surface area contributed by atoms with Crippen molar-refractivity contribution in [2.75, 3.05) is 10.6 Å². The maximum absolute atomic E-state index is 12.6. The molecule has 3 aromatic rings. The van der Waals surface area contributed by atoms with Gasteiger partial charge in [0.15, 0.2) is 5.13 Å². The first-order chi connectivity index (χ1) is 12.1. The van der Waals surface area contributed by atoms with Gasteiger partial charge in [0.25, 0.3) is 5.91 Å². The monoisotopic (exact) mass is 355 g/mol. The maximum Gasteiger partial charge on any atom is 0.276 e. The van der Waals surface area contributed by atoms with Crippen LogP contribution in [0.2, 0.25) is 0 Å². The summed E-state index contributed by atoms with van der Waals surface area (Å²) in [6.45, 7) is 3.78. The Bertz CT molecular complexity index is 920. The molecule has 0 radical (unpaired) electrons. The number of nitrogens with two attached hydrogens (primary N) is 1. The van der Waals surface area contributed by atoms with Crippen molar-refractivity contribution >= 4 is 38.3 Å². The van der Waals surface area contributed by atoms with E-state index in [1.54, 1.807) is 6.92 Å². The summed E-state index contributed by atoms with van der Waals surface area (Å²) >= 11 is 1.42. The summed E-state index contributed by atoms with van der Waals surface area (Å²) in [7, 11) is 0. The second-order valence-corrected chi connectivity index (χ2v) is 6.56. The highest BCUT2D eigenvalue weighted by atomic mass is 32.1. The van der Waals surface area contributed by atoms with Gasteiger partial charge in [0.2, 0.25) is 0 Å². The molecule has 5 N–H and O–H groups in total. The van der Waals surface area contributed by atoms with Crippen LogP contribution in [-0.4, -0.2) is 10.9 Å². The maximum atomic E-state index is 12.6. The zero-order valence-corrected chi connectivity index (χ0v) is 14.8. The number of thiazole rings is 1. The highest BCUT2D eigenvalue weighted by Crippen LogP contribution is 2.25. The van der Waals surface area contributed by atoms with Gasteiger partial charge >= 0.3 is 0 Å². The van der Waals surface area contributed by atoms with Crippen molar-refractivity contribution in [2.45, 2.75) is 13.8 Å². The van der Waals surface area contributed by atoms with Crippen LogP contribution in [0.3, 0.4) is 0 Å². The summed E-state index contributed by atoms with van der Waals surface area (Å²) < 4.78 is 1.01. The minimum atomic E-state index is -0.347. The number of nitrogens with one attached hydrogen (secondary N) is 3. The zero-order valence-electron chi connectivity index (χ0n) is 14.0. The molecule has 1 heterocycles. The number of benzene rings is 2. The number of nitrogens with zero attached hydrogens (tertiary/aromatic N) is 1. The molecule has 7 heteroatoms. The molecule has 0 aliphatic carbocycles. The molecule has 0 bridgehead atoms. The van der Waals surface area contributed by atoms with Crippen molar-refractivity contribution in [1.82, 2.24) is 10.4 Å². The predicted molar refractivity (Wildman–Crippen MR) is 105 cm³/mol. The Morgan fingerprint density at radius 1 is 1.12 bits per heavy atom. The SMILES string of the molecule is C/C(Nc1ccccc1C)=C(/NN)C(=O)Nc1nc2ccccc2s1.[HH]. The molecule has 0 aliphatic heterocycles. The van der Waals surface area contributed by atoms with Gasteiger partial charge in [-0.05, 0) is 37.6 Å². The number of para-hydroxylation sites is 2. The van der Waals surface area contributed by atoms with Gasteiger partial charge in [-0.3, -0.25) is 16.0 Å². The molecule has 130 valence electrons. The van der Waals surface area contributed by atoms with Crippen LogP contribution in [0.15, 0.2) is 59.9 Å². The first-order valence-electron chi connectivity index (χ1n) is 7.75. The second-order valence-electron chi connectivity index (χ2n) is 5.53. The van der Waals surface area contributed by atoms with E-state index >= 15 is 0 Å². The van der Waals surface area contributed by atoms with Crippen LogP contribution in [0.5, 0.6) is 0 Å². The summed E-state index contributed by atoms with van der Waals surface area (Å²) in [6.07, 6.45) is 0. The van der Waals surface area contributed by atoms with Crippen LogP contribution in [0.4, 0.5) is 10.8 Å². The third-order valence-electron chi connectivity index (χ3n) is 3.73. The minimum absolute atomic E-state index is 0. The van der Waals surface area contributed by atoms with Gasteiger partial charge in [-0.2, -0.15) is 0 Å². The van der Waals surface area contributed by atoms with Crippen molar-refractivity contribution in [3.05, 3.63) is 65.5 Å². The van der Waals surface area contributed by atoms with Crippen LogP contribution in [0, 0.1) is 6.92 Å². The number of rotatable bonds is 5. The number of hydrazine groups is 1. The standard InChI is InChI=1S/C18H19N5OS.H2/c1-11-7-3-4-8-13(11)20-12(2)16(23-19)17(24)22-18-21-14-9-5-6-10-15(14)25-18;/h3-10,20,23H,19H2,1-2H3,(H,21,22,24);1H/b16-12-;. The number of allylic oxidation sites excluding steroid dienone is 1. The van der Waals surface area contributed by atoms with Gasteiger partial charge in [-0.25, -0.2) is 4.98 Å². The van der Waals surface area contributed by atoms with Gasteiger partial charge in [0, 0.05) is 12.8 Å². The van der Waals surface area contributed by atoms with Gasteiger partial charge in [-0.1, -0.05) is 41.7 Å². The molecular formula is C18H21N5OS. The molecule has 1 amide bonds. The van der Waals surface area contributed by atoms with Gasteiger partial charge < -0.3 is 10.7 Å². The Morgan fingerprint density at radius 2 is 1.84 bits per heavy atom. The van der Waals surface area contributed by atoms with Crippen molar-refractivity contribution < 1.29 is 6.22 Å². The van der Waals surface area contributed by atoms with E-state index < -0.39 is 0 Å². The lowest BCUT2D eigenvalue weighted by molar-refractivity contribution is -0.113. The molecule has 2 aromatic carbocycles. The minimum Gasteiger partial charge on any atom is -0.357 e. The molecule has 0 aliphatic rings. The van der Waals surface area contributed by atoms with Gasteiger partial charge in [-0.15, -0.1) is 0 Å². The molecular weight excluding hydrogens is 334 g/mol. The topological polar surface area (TPSA) is 92.1 Å². The van der Waals surface area contributed by atoms with E-state index in [0.717, 1.165) is 21.5 Å². The van der Waals surface area contributed by atoms with Crippen LogP contribution < -0.4 is 21.9 Å². The molecule has 0 spiro atoms. The average Bonchev–Trinajstić information content (AvgIpc) is 2.99. The fourth-order valence-electron chi connectivity index (χ4n) is 2.41. The second kappa shape index (κ2) is 7.33. The smallest absolute Gasteiger partial charge is 0.276 e. The largest absolute Gasteiger partial charge is 0.357 e. The molecule has 0 atom stereocenters. The number of aryl methyl sites for hydroxylation is 1. The molecule has 3 rings (SSSR count). The van der Waals surface area contributed by atoms with Crippen molar-refractivity contribution in [3.63, 3.8) is 0 Å². The molecule has 6 nitrogen and oxygen atoms in total. The van der Waals surface area contributed by atoms with Crippen LogP contribution in [0.25, 0.3) is 10.2 Å². The number of carbonyl (C=O) groups is 1. The van der Waals surface area contributed by atoms with Crippen molar-refractivity contribution in [1.29, 1.82) is 0 Å². The van der Waals surface area contributed by atoms with Crippen LogP contribution in [0.1, 0.15) is 13.9 Å². The lowest BCUT2D eigenvalue weighted by atomic mass is 10.2. The number of anilines is 2. The predicted octanol–water partition coefficient (Wildman–Crippen LogP) is 3.60. The van der Waals surface area contributed by atoms with E-state index in [9.17, 15) is 4.79 Å².